The Morgan fingerprint density at radius 1 is 1.14 bits per heavy atom. The fourth-order valence-electron chi connectivity index (χ4n) is 2.93. The summed E-state index contributed by atoms with van der Waals surface area (Å²) < 4.78 is 38.9. The Morgan fingerprint density at radius 3 is 2.41 bits per heavy atom. The van der Waals surface area contributed by atoms with Crippen LogP contribution in [0.3, 0.4) is 0 Å². The molecule has 1 aliphatic heterocycles. The second-order valence-corrected chi connectivity index (χ2v) is 9.19. The zero-order valence-corrected chi connectivity index (χ0v) is 17.8. The highest BCUT2D eigenvalue weighted by atomic mass is 32.2. The highest BCUT2D eigenvalue weighted by Crippen LogP contribution is 2.37. The molecule has 0 spiro atoms. The van der Waals surface area contributed by atoms with Crippen LogP contribution in [0.4, 0.5) is 5.69 Å². The van der Waals surface area contributed by atoms with Crippen LogP contribution in [0.1, 0.15) is 20.8 Å². The van der Waals surface area contributed by atoms with Crippen molar-refractivity contribution in [3.05, 3.63) is 48.5 Å². The SMILES string of the molecule is COc1ccc(S(=O)(=O)N2C[C@@H](C(=O)N[C@H](C)C(C)C)Oc3ccccc32)cc1. The van der Waals surface area contributed by atoms with Gasteiger partial charge < -0.3 is 14.8 Å². The number of sulfonamides is 1. The predicted molar refractivity (Wildman–Crippen MR) is 111 cm³/mol. The minimum atomic E-state index is -3.89. The van der Waals surface area contributed by atoms with Crippen LogP contribution in [0.25, 0.3) is 0 Å². The van der Waals surface area contributed by atoms with E-state index in [9.17, 15) is 13.2 Å². The van der Waals surface area contributed by atoms with Crippen molar-refractivity contribution < 1.29 is 22.7 Å². The van der Waals surface area contributed by atoms with Gasteiger partial charge in [-0.05, 0) is 49.2 Å². The number of carbonyl (C=O) groups is 1. The number of nitrogens with zero attached hydrogens (tertiary/aromatic N) is 1. The number of ether oxygens (including phenoxy) is 2. The van der Waals surface area contributed by atoms with Crippen LogP contribution in [0.15, 0.2) is 53.4 Å². The topological polar surface area (TPSA) is 84.9 Å². The Labute approximate surface area is 171 Å². The molecule has 3 rings (SSSR count). The largest absolute Gasteiger partial charge is 0.497 e. The van der Waals surface area contributed by atoms with E-state index in [1.165, 1.54) is 23.5 Å². The fraction of sp³-hybridized carbons (Fsp3) is 0.381. The summed E-state index contributed by atoms with van der Waals surface area (Å²) in [6.07, 6.45) is -0.945. The van der Waals surface area contributed by atoms with Gasteiger partial charge in [0.15, 0.2) is 6.10 Å². The number of rotatable bonds is 6. The molecule has 0 aliphatic carbocycles. The maximum absolute atomic E-state index is 13.3. The van der Waals surface area contributed by atoms with Crippen LogP contribution in [0, 0.1) is 5.92 Å². The van der Waals surface area contributed by atoms with Crippen molar-refractivity contribution in [2.75, 3.05) is 18.0 Å². The molecule has 2 aromatic carbocycles. The lowest BCUT2D eigenvalue weighted by molar-refractivity contribution is -0.128. The van der Waals surface area contributed by atoms with E-state index < -0.39 is 16.1 Å². The van der Waals surface area contributed by atoms with Crippen LogP contribution in [-0.4, -0.2) is 40.1 Å². The highest BCUT2D eigenvalue weighted by molar-refractivity contribution is 7.92. The van der Waals surface area contributed by atoms with E-state index in [2.05, 4.69) is 5.32 Å². The molecule has 29 heavy (non-hydrogen) atoms. The Kier molecular flexibility index (Phi) is 6.02. The van der Waals surface area contributed by atoms with Gasteiger partial charge in [-0.2, -0.15) is 0 Å². The maximum Gasteiger partial charge on any atom is 0.264 e. The van der Waals surface area contributed by atoms with Gasteiger partial charge in [0, 0.05) is 6.04 Å². The molecule has 2 atom stereocenters. The van der Waals surface area contributed by atoms with Crippen molar-refractivity contribution >= 4 is 21.6 Å². The number of carbonyl (C=O) groups excluding carboxylic acids is 1. The van der Waals surface area contributed by atoms with Crippen LogP contribution >= 0.6 is 0 Å². The number of fused-ring (bicyclic) bond motifs is 1. The lowest BCUT2D eigenvalue weighted by Gasteiger charge is -2.35. The first-order valence-corrected chi connectivity index (χ1v) is 10.9. The third kappa shape index (κ3) is 4.32. The zero-order valence-electron chi connectivity index (χ0n) is 17.0. The molecule has 0 unspecified atom stereocenters. The predicted octanol–water partition coefficient (Wildman–Crippen LogP) is 2.81. The average Bonchev–Trinajstić information content (AvgIpc) is 2.72. The summed E-state index contributed by atoms with van der Waals surface area (Å²) in [5, 5.41) is 2.90. The van der Waals surface area contributed by atoms with E-state index in [0.29, 0.717) is 17.2 Å². The van der Waals surface area contributed by atoms with Gasteiger partial charge >= 0.3 is 0 Å². The van der Waals surface area contributed by atoms with Gasteiger partial charge in [-0.3, -0.25) is 9.10 Å². The number of para-hydroxylation sites is 2. The van der Waals surface area contributed by atoms with E-state index in [1.807, 2.05) is 20.8 Å². The number of benzene rings is 2. The third-order valence-corrected chi connectivity index (χ3v) is 6.84. The fourth-order valence-corrected chi connectivity index (χ4v) is 4.40. The maximum atomic E-state index is 13.3. The first-order chi connectivity index (χ1) is 13.7. The first-order valence-electron chi connectivity index (χ1n) is 9.47. The number of amides is 1. The quantitative estimate of drug-likeness (QED) is 0.780. The molecule has 0 saturated carbocycles. The molecule has 0 bridgehead atoms. The number of methoxy groups -OCH3 is 1. The van der Waals surface area contributed by atoms with E-state index in [-0.39, 0.29) is 29.3 Å². The lowest BCUT2D eigenvalue weighted by Crippen LogP contribution is -2.52. The summed E-state index contributed by atoms with van der Waals surface area (Å²) in [6, 6.07) is 12.9. The van der Waals surface area contributed by atoms with Crippen LogP contribution in [0.2, 0.25) is 0 Å². The van der Waals surface area contributed by atoms with Crippen molar-refractivity contribution in [2.45, 2.75) is 37.8 Å². The molecule has 0 fully saturated rings. The van der Waals surface area contributed by atoms with Crippen LogP contribution in [0.5, 0.6) is 11.5 Å². The van der Waals surface area contributed by atoms with Gasteiger partial charge in [0.1, 0.15) is 11.5 Å². The first kappa shape index (κ1) is 21.0. The Balaban J connectivity index is 1.95. The summed E-state index contributed by atoms with van der Waals surface area (Å²) in [4.78, 5) is 12.9. The molecule has 1 N–H and O–H groups in total. The summed E-state index contributed by atoms with van der Waals surface area (Å²) in [5.41, 5.74) is 0.407. The second kappa shape index (κ2) is 8.32. The minimum absolute atomic E-state index is 0.0603. The van der Waals surface area contributed by atoms with Crippen molar-refractivity contribution in [2.24, 2.45) is 5.92 Å². The monoisotopic (exact) mass is 418 g/mol. The number of hydrogen-bond acceptors (Lipinski definition) is 5. The molecule has 0 radical (unpaired) electrons. The van der Waals surface area contributed by atoms with Gasteiger partial charge in [0.25, 0.3) is 15.9 Å². The minimum Gasteiger partial charge on any atom is -0.497 e. The van der Waals surface area contributed by atoms with Crippen molar-refractivity contribution in [1.82, 2.24) is 5.32 Å². The molecule has 8 heteroatoms. The van der Waals surface area contributed by atoms with E-state index in [4.69, 9.17) is 9.47 Å². The Hall–Kier alpha value is -2.74. The standard InChI is InChI=1S/C21H26N2O5S/c1-14(2)15(3)22-21(24)20-13-23(18-7-5-6-8-19(18)28-20)29(25,26)17-11-9-16(27-4)10-12-17/h5-12,14-15,20H,13H2,1-4H3,(H,22,24)/t15-,20+/m1/s1. The van der Waals surface area contributed by atoms with Crippen molar-refractivity contribution in [1.29, 1.82) is 0 Å². The molecule has 156 valence electrons. The molecular weight excluding hydrogens is 392 g/mol. The number of hydrogen-bond donors (Lipinski definition) is 1. The zero-order chi connectivity index (χ0) is 21.2. The Morgan fingerprint density at radius 2 is 1.79 bits per heavy atom. The molecular formula is C21H26N2O5S. The Bertz CT molecular complexity index is 973. The van der Waals surface area contributed by atoms with Gasteiger partial charge in [0.2, 0.25) is 0 Å². The van der Waals surface area contributed by atoms with Crippen molar-refractivity contribution in [3.63, 3.8) is 0 Å². The summed E-state index contributed by atoms with van der Waals surface area (Å²) >= 11 is 0. The van der Waals surface area contributed by atoms with Gasteiger partial charge in [-0.1, -0.05) is 26.0 Å². The van der Waals surface area contributed by atoms with Gasteiger partial charge in [-0.15, -0.1) is 0 Å². The van der Waals surface area contributed by atoms with Crippen molar-refractivity contribution in [3.8, 4) is 11.5 Å². The van der Waals surface area contributed by atoms with Gasteiger partial charge in [-0.25, -0.2) is 8.42 Å². The highest BCUT2D eigenvalue weighted by Gasteiger charge is 2.37. The summed E-state index contributed by atoms with van der Waals surface area (Å²) in [6.45, 7) is 5.80. The molecule has 1 aliphatic rings. The smallest absolute Gasteiger partial charge is 0.264 e. The summed E-state index contributed by atoms with van der Waals surface area (Å²) in [7, 11) is -2.38. The molecule has 0 saturated heterocycles. The van der Waals surface area contributed by atoms with Crippen LogP contribution < -0.4 is 19.1 Å². The molecule has 7 nitrogen and oxygen atoms in total. The summed E-state index contributed by atoms with van der Waals surface area (Å²) in [5.74, 6) is 0.823. The van der Waals surface area contributed by atoms with E-state index >= 15 is 0 Å². The third-order valence-electron chi connectivity index (χ3n) is 5.04. The van der Waals surface area contributed by atoms with Gasteiger partial charge in [0.05, 0.1) is 24.2 Å². The normalized spacial score (nSPS) is 17.3. The van der Waals surface area contributed by atoms with E-state index in [1.54, 1.807) is 36.4 Å². The molecule has 1 amide bonds. The van der Waals surface area contributed by atoms with E-state index in [0.717, 1.165) is 0 Å². The lowest BCUT2D eigenvalue weighted by atomic mass is 10.1. The molecule has 2 aromatic rings. The molecule has 1 heterocycles. The number of nitrogens with one attached hydrogen (secondary N) is 1. The van der Waals surface area contributed by atoms with Crippen LogP contribution in [-0.2, 0) is 14.8 Å². The second-order valence-electron chi connectivity index (χ2n) is 7.33. The molecule has 0 aromatic heterocycles. The average molecular weight is 419 g/mol. The number of anilines is 1.